The van der Waals surface area contributed by atoms with E-state index < -0.39 is 0 Å². The minimum absolute atomic E-state index is 0.865. The Bertz CT molecular complexity index is 355. The van der Waals surface area contributed by atoms with Crippen LogP contribution in [-0.2, 0) is 13.1 Å². The molecule has 1 aromatic rings. The molecule has 1 aliphatic heterocycles. The molecule has 0 unspecified atom stereocenters. The zero-order chi connectivity index (χ0) is 13.5. The lowest BCUT2D eigenvalue weighted by atomic mass is 9.97. The largest absolute Gasteiger partial charge is 0.333 e. The van der Waals surface area contributed by atoms with E-state index >= 15 is 0 Å². The van der Waals surface area contributed by atoms with E-state index in [9.17, 15) is 0 Å². The Morgan fingerprint density at radius 3 is 2.84 bits per heavy atom. The second-order valence-corrected chi connectivity index (χ2v) is 5.60. The highest BCUT2D eigenvalue weighted by atomic mass is 15.2. The maximum atomic E-state index is 4.30. The predicted octanol–water partition coefficient (Wildman–Crippen LogP) is 2.11. The van der Waals surface area contributed by atoms with Crippen molar-refractivity contribution in [2.75, 3.05) is 26.2 Å². The molecule has 1 fully saturated rings. The molecular formula is C15H28N4. The van der Waals surface area contributed by atoms with Crippen molar-refractivity contribution in [1.29, 1.82) is 0 Å². The van der Waals surface area contributed by atoms with Crippen molar-refractivity contribution >= 4 is 0 Å². The number of nitrogens with zero attached hydrogens (tertiary/aromatic N) is 3. The summed E-state index contributed by atoms with van der Waals surface area (Å²) < 4.78 is 2.30. The lowest BCUT2D eigenvalue weighted by Crippen LogP contribution is -2.36. The third kappa shape index (κ3) is 4.32. The van der Waals surface area contributed by atoms with Crippen LogP contribution in [0.3, 0.4) is 0 Å². The molecule has 0 aliphatic carbocycles. The van der Waals surface area contributed by atoms with Gasteiger partial charge in [-0.2, -0.15) is 0 Å². The van der Waals surface area contributed by atoms with E-state index in [1.165, 1.54) is 44.6 Å². The van der Waals surface area contributed by atoms with E-state index in [1.807, 2.05) is 12.5 Å². The average Bonchev–Trinajstić information content (AvgIpc) is 2.87. The smallest absolute Gasteiger partial charge is 0.0948 e. The summed E-state index contributed by atoms with van der Waals surface area (Å²) in [6, 6.07) is 0. The van der Waals surface area contributed by atoms with Crippen LogP contribution in [0.25, 0.3) is 0 Å². The first-order chi connectivity index (χ1) is 9.33. The molecule has 4 nitrogen and oxygen atoms in total. The van der Waals surface area contributed by atoms with Crippen LogP contribution in [-0.4, -0.2) is 40.6 Å². The zero-order valence-electron chi connectivity index (χ0n) is 12.4. The summed E-state index contributed by atoms with van der Waals surface area (Å²) >= 11 is 0. The molecule has 1 saturated heterocycles. The number of aromatic nitrogens is 2. The summed E-state index contributed by atoms with van der Waals surface area (Å²) in [5, 5.41) is 3.44. The highest BCUT2D eigenvalue weighted by Gasteiger charge is 2.17. The van der Waals surface area contributed by atoms with Crippen molar-refractivity contribution in [3.63, 3.8) is 0 Å². The summed E-state index contributed by atoms with van der Waals surface area (Å²) in [7, 11) is 0. The fourth-order valence-electron chi connectivity index (χ4n) is 2.89. The Balaban J connectivity index is 1.88. The van der Waals surface area contributed by atoms with Crippen LogP contribution in [0.2, 0.25) is 0 Å². The maximum Gasteiger partial charge on any atom is 0.0948 e. The van der Waals surface area contributed by atoms with Gasteiger partial charge in [-0.1, -0.05) is 13.8 Å². The molecule has 0 spiro atoms. The molecule has 1 N–H and O–H groups in total. The Hall–Kier alpha value is -0.870. The van der Waals surface area contributed by atoms with Crippen molar-refractivity contribution in [3.8, 4) is 0 Å². The molecule has 0 radical (unpaired) electrons. The predicted molar refractivity (Wildman–Crippen MR) is 79.1 cm³/mol. The number of nitrogens with one attached hydrogen (secondary N) is 1. The molecule has 1 aromatic heterocycles. The summed E-state index contributed by atoms with van der Waals surface area (Å²) in [6.07, 6.45) is 7.82. The van der Waals surface area contributed by atoms with Crippen molar-refractivity contribution in [2.24, 2.45) is 5.92 Å². The number of hydrogen-bond acceptors (Lipinski definition) is 3. The maximum absolute atomic E-state index is 4.30. The number of piperidine rings is 1. The first-order valence-electron chi connectivity index (χ1n) is 7.75. The van der Waals surface area contributed by atoms with Crippen LogP contribution in [0, 0.1) is 5.92 Å². The molecule has 2 rings (SSSR count). The van der Waals surface area contributed by atoms with Crippen LogP contribution >= 0.6 is 0 Å². The Labute approximate surface area is 117 Å². The standard InChI is InChI=1S/C15H28N4/c1-3-9-19-13-17-10-15(19)12-18(4-2)11-14-5-7-16-8-6-14/h10,13-14,16H,3-9,11-12H2,1-2H3. The molecule has 4 heteroatoms. The highest BCUT2D eigenvalue weighted by molar-refractivity contribution is 4.98. The minimum Gasteiger partial charge on any atom is -0.333 e. The molecule has 1 aliphatic rings. The third-order valence-electron chi connectivity index (χ3n) is 4.07. The molecule has 2 heterocycles. The SMILES string of the molecule is CCCn1cncc1CN(CC)CC1CCNCC1. The fourth-order valence-corrected chi connectivity index (χ4v) is 2.89. The minimum atomic E-state index is 0.865. The molecule has 0 atom stereocenters. The average molecular weight is 264 g/mol. The van der Waals surface area contributed by atoms with Gasteiger partial charge in [-0.3, -0.25) is 4.90 Å². The van der Waals surface area contributed by atoms with Crippen LogP contribution < -0.4 is 5.32 Å². The summed E-state index contributed by atoms with van der Waals surface area (Å²) in [5.74, 6) is 0.865. The number of rotatable bonds is 7. The van der Waals surface area contributed by atoms with Crippen LogP contribution in [0.15, 0.2) is 12.5 Å². The van der Waals surface area contributed by atoms with E-state index in [0.717, 1.165) is 25.6 Å². The first-order valence-corrected chi connectivity index (χ1v) is 7.75. The van der Waals surface area contributed by atoms with Crippen molar-refractivity contribution in [3.05, 3.63) is 18.2 Å². The van der Waals surface area contributed by atoms with Crippen LogP contribution in [0.5, 0.6) is 0 Å². The Morgan fingerprint density at radius 2 is 2.16 bits per heavy atom. The number of aryl methyl sites for hydroxylation is 1. The normalized spacial score (nSPS) is 17.2. The van der Waals surface area contributed by atoms with Crippen molar-refractivity contribution < 1.29 is 0 Å². The molecule has 0 aromatic carbocycles. The fraction of sp³-hybridized carbons (Fsp3) is 0.800. The van der Waals surface area contributed by atoms with Crippen LogP contribution in [0.4, 0.5) is 0 Å². The lowest BCUT2D eigenvalue weighted by molar-refractivity contribution is 0.203. The molecule has 19 heavy (non-hydrogen) atoms. The van der Waals surface area contributed by atoms with Crippen LogP contribution in [0.1, 0.15) is 38.8 Å². The van der Waals surface area contributed by atoms with E-state index in [2.05, 4.69) is 33.6 Å². The van der Waals surface area contributed by atoms with Gasteiger partial charge in [0.1, 0.15) is 0 Å². The van der Waals surface area contributed by atoms with Gasteiger partial charge in [0, 0.05) is 25.8 Å². The van der Waals surface area contributed by atoms with Gasteiger partial charge >= 0.3 is 0 Å². The molecule has 0 bridgehead atoms. The van der Waals surface area contributed by atoms with Crippen molar-refractivity contribution in [2.45, 2.75) is 46.2 Å². The summed E-state index contributed by atoms with van der Waals surface area (Å²) in [6.45, 7) is 11.3. The second kappa shape index (κ2) is 7.65. The third-order valence-corrected chi connectivity index (χ3v) is 4.07. The Morgan fingerprint density at radius 1 is 1.37 bits per heavy atom. The first kappa shape index (κ1) is 14.5. The van der Waals surface area contributed by atoms with Crippen molar-refractivity contribution in [1.82, 2.24) is 19.8 Å². The van der Waals surface area contributed by atoms with Gasteiger partial charge in [0.25, 0.3) is 0 Å². The monoisotopic (exact) mass is 264 g/mol. The number of hydrogen-bond donors (Lipinski definition) is 1. The van der Waals surface area contributed by atoms with E-state index in [4.69, 9.17) is 0 Å². The molecular weight excluding hydrogens is 236 g/mol. The highest BCUT2D eigenvalue weighted by Crippen LogP contribution is 2.15. The Kier molecular flexibility index (Phi) is 5.86. The van der Waals surface area contributed by atoms with Gasteiger partial charge in [0.15, 0.2) is 0 Å². The summed E-state index contributed by atoms with van der Waals surface area (Å²) in [4.78, 5) is 6.87. The number of imidazole rings is 1. The van der Waals surface area contributed by atoms with Gasteiger partial charge in [-0.05, 0) is 44.8 Å². The lowest BCUT2D eigenvalue weighted by Gasteiger charge is -2.29. The van der Waals surface area contributed by atoms with Gasteiger partial charge in [0.05, 0.1) is 12.0 Å². The second-order valence-electron chi connectivity index (χ2n) is 5.60. The zero-order valence-corrected chi connectivity index (χ0v) is 12.4. The molecule has 108 valence electrons. The summed E-state index contributed by atoms with van der Waals surface area (Å²) in [5.41, 5.74) is 1.36. The van der Waals surface area contributed by atoms with Gasteiger partial charge < -0.3 is 9.88 Å². The van der Waals surface area contributed by atoms with Gasteiger partial charge in [-0.25, -0.2) is 4.98 Å². The van der Waals surface area contributed by atoms with E-state index in [1.54, 1.807) is 0 Å². The molecule has 0 saturated carbocycles. The van der Waals surface area contributed by atoms with E-state index in [0.29, 0.717) is 0 Å². The van der Waals surface area contributed by atoms with Gasteiger partial charge in [0.2, 0.25) is 0 Å². The van der Waals surface area contributed by atoms with E-state index in [-0.39, 0.29) is 0 Å². The quantitative estimate of drug-likeness (QED) is 0.819. The topological polar surface area (TPSA) is 33.1 Å². The van der Waals surface area contributed by atoms with Gasteiger partial charge in [-0.15, -0.1) is 0 Å². The molecule has 0 amide bonds.